The van der Waals surface area contributed by atoms with E-state index in [4.69, 9.17) is 11.6 Å². The zero-order valence-electron chi connectivity index (χ0n) is 11.2. The molecule has 102 valence electrons. The number of hydrogen-bond acceptors (Lipinski definition) is 2. The van der Waals surface area contributed by atoms with Gasteiger partial charge in [0.15, 0.2) is 0 Å². The second-order valence-corrected chi connectivity index (χ2v) is 5.98. The van der Waals surface area contributed by atoms with Crippen molar-refractivity contribution in [2.24, 2.45) is 0 Å². The Morgan fingerprint density at radius 1 is 1.37 bits per heavy atom. The van der Waals surface area contributed by atoms with Crippen LogP contribution < -0.4 is 5.32 Å². The topological polar surface area (TPSA) is 29.9 Å². The summed E-state index contributed by atoms with van der Waals surface area (Å²) in [5.41, 5.74) is 2.23. The Balaban J connectivity index is 2.51. The van der Waals surface area contributed by atoms with Gasteiger partial charge in [0.2, 0.25) is 0 Å². The minimum Gasteiger partial charge on any atom is -0.308 e. The number of aromatic nitrogens is 2. The highest BCUT2D eigenvalue weighted by molar-refractivity contribution is 9.10. The Morgan fingerprint density at radius 2 is 2.11 bits per heavy atom. The number of nitrogens with zero attached hydrogens (tertiary/aromatic N) is 2. The Labute approximate surface area is 127 Å². The molecule has 19 heavy (non-hydrogen) atoms. The Bertz CT molecular complexity index is 566. The third-order valence-corrected chi connectivity index (χ3v) is 3.87. The molecule has 0 saturated carbocycles. The first kappa shape index (κ1) is 14.6. The lowest BCUT2D eigenvalue weighted by molar-refractivity contribution is 0.483. The van der Waals surface area contributed by atoms with E-state index in [1.165, 1.54) is 0 Å². The first-order valence-corrected chi connectivity index (χ1v) is 7.37. The van der Waals surface area contributed by atoms with E-state index >= 15 is 0 Å². The average molecular weight is 343 g/mol. The van der Waals surface area contributed by atoms with Gasteiger partial charge < -0.3 is 5.32 Å². The van der Waals surface area contributed by atoms with Crippen LogP contribution in [0.1, 0.15) is 37.2 Å². The van der Waals surface area contributed by atoms with Gasteiger partial charge in [0.1, 0.15) is 0 Å². The number of hydrogen-bond donors (Lipinski definition) is 1. The SMILES string of the molecule is CNC(c1cccc(Cl)c1)c1c(Br)cnn1C(C)C. The molecule has 0 aliphatic rings. The minimum absolute atomic E-state index is 0.0537. The molecule has 0 fully saturated rings. The fraction of sp³-hybridized carbons (Fsp3) is 0.357. The van der Waals surface area contributed by atoms with Gasteiger partial charge in [-0.3, -0.25) is 4.68 Å². The van der Waals surface area contributed by atoms with Crippen molar-refractivity contribution in [2.45, 2.75) is 25.9 Å². The molecule has 2 aromatic rings. The summed E-state index contributed by atoms with van der Waals surface area (Å²) in [4.78, 5) is 0. The van der Waals surface area contributed by atoms with E-state index in [1.807, 2.05) is 36.1 Å². The lowest BCUT2D eigenvalue weighted by Crippen LogP contribution is -2.22. The summed E-state index contributed by atoms with van der Waals surface area (Å²) in [6.07, 6.45) is 1.84. The fourth-order valence-electron chi connectivity index (χ4n) is 2.18. The van der Waals surface area contributed by atoms with E-state index in [0.29, 0.717) is 6.04 Å². The quantitative estimate of drug-likeness (QED) is 0.903. The Morgan fingerprint density at radius 3 is 2.68 bits per heavy atom. The molecule has 1 heterocycles. The lowest BCUT2D eigenvalue weighted by atomic mass is 10.0. The maximum Gasteiger partial charge on any atom is 0.0758 e. The second-order valence-electron chi connectivity index (χ2n) is 4.69. The highest BCUT2D eigenvalue weighted by Gasteiger charge is 2.21. The van der Waals surface area contributed by atoms with Crippen molar-refractivity contribution in [3.63, 3.8) is 0 Å². The van der Waals surface area contributed by atoms with Crippen LogP contribution in [0, 0.1) is 0 Å². The molecule has 1 N–H and O–H groups in total. The van der Waals surface area contributed by atoms with Crippen molar-refractivity contribution < 1.29 is 0 Å². The minimum atomic E-state index is 0.0537. The molecule has 0 aliphatic heterocycles. The Kier molecular flexibility index (Phi) is 4.66. The van der Waals surface area contributed by atoms with Crippen LogP contribution in [0.5, 0.6) is 0 Å². The second kappa shape index (κ2) is 6.07. The number of halogens is 2. The molecular weight excluding hydrogens is 326 g/mol. The van der Waals surface area contributed by atoms with E-state index < -0.39 is 0 Å². The summed E-state index contributed by atoms with van der Waals surface area (Å²) in [5, 5.41) is 8.50. The van der Waals surface area contributed by atoms with Gasteiger partial charge in [-0.1, -0.05) is 23.7 Å². The van der Waals surface area contributed by atoms with E-state index in [2.05, 4.69) is 46.3 Å². The largest absolute Gasteiger partial charge is 0.308 e. The fourth-order valence-corrected chi connectivity index (χ4v) is 2.88. The zero-order chi connectivity index (χ0) is 14.0. The molecule has 0 radical (unpaired) electrons. The number of rotatable bonds is 4. The molecule has 0 amide bonds. The van der Waals surface area contributed by atoms with Crippen LogP contribution in [-0.4, -0.2) is 16.8 Å². The van der Waals surface area contributed by atoms with Crippen molar-refractivity contribution in [3.8, 4) is 0 Å². The van der Waals surface area contributed by atoms with Crippen LogP contribution in [0.15, 0.2) is 34.9 Å². The third kappa shape index (κ3) is 3.02. The Hall–Kier alpha value is -0.840. The summed E-state index contributed by atoms with van der Waals surface area (Å²) in [6, 6.07) is 8.25. The molecule has 2 rings (SSSR count). The first-order chi connectivity index (χ1) is 9.04. The highest BCUT2D eigenvalue weighted by atomic mass is 79.9. The van der Waals surface area contributed by atoms with E-state index in [9.17, 15) is 0 Å². The van der Waals surface area contributed by atoms with E-state index in [1.54, 1.807) is 0 Å². The lowest BCUT2D eigenvalue weighted by Gasteiger charge is -2.21. The van der Waals surface area contributed by atoms with Crippen molar-refractivity contribution in [1.82, 2.24) is 15.1 Å². The summed E-state index contributed by atoms with van der Waals surface area (Å²) in [7, 11) is 1.94. The van der Waals surface area contributed by atoms with Crippen LogP contribution in [0.2, 0.25) is 5.02 Å². The van der Waals surface area contributed by atoms with Gasteiger partial charge in [-0.15, -0.1) is 0 Å². The molecule has 1 aromatic carbocycles. The smallest absolute Gasteiger partial charge is 0.0758 e. The van der Waals surface area contributed by atoms with Crippen molar-refractivity contribution in [2.75, 3.05) is 7.05 Å². The molecule has 0 spiro atoms. The zero-order valence-corrected chi connectivity index (χ0v) is 13.5. The van der Waals surface area contributed by atoms with Gasteiger partial charge in [0, 0.05) is 11.1 Å². The predicted molar refractivity (Wildman–Crippen MR) is 82.7 cm³/mol. The molecule has 0 saturated heterocycles. The van der Waals surface area contributed by atoms with Crippen molar-refractivity contribution in [3.05, 3.63) is 51.2 Å². The summed E-state index contributed by atoms with van der Waals surface area (Å²) >= 11 is 9.67. The highest BCUT2D eigenvalue weighted by Crippen LogP contribution is 2.31. The summed E-state index contributed by atoms with van der Waals surface area (Å²) in [5.74, 6) is 0. The molecular formula is C14H17BrClN3. The standard InChI is InChI=1S/C14H17BrClN3/c1-9(2)19-14(12(15)8-18-19)13(17-3)10-5-4-6-11(16)7-10/h4-9,13,17H,1-3H3. The van der Waals surface area contributed by atoms with Gasteiger partial charge in [-0.05, 0) is 54.5 Å². The molecule has 0 bridgehead atoms. The van der Waals surface area contributed by atoms with Gasteiger partial charge >= 0.3 is 0 Å². The maximum atomic E-state index is 6.09. The molecule has 5 heteroatoms. The van der Waals surface area contributed by atoms with Crippen LogP contribution in [-0.2, 0) is 0 Å². The average Bonchev–Trinajstić information content (AvgIpc) is 2.73. The maximum absolute atomic E-state index is 6.09. The summed E-state index contributed by atoms with van der Waals surface area (Å²) < 4.78 is 3.02. The monoisotopic (exact) mass is 341 g/mol. The van der Waals surface area contributed by atoms with Crippen molar-refractivity contribution >= 4 is 27.5 Å². The normalized spacial score (nSPS) is 12.9. The summed E-state index contributed by atoms with van der Waals surface area (Å²) in [6.45, 7) is 4.24. The molecule has 0 aliphatic carbocycles. The predicted octanol–water partition coefficient (Wildman–Crippen LogP) is 4.19. The van der Waals surface area contributed by atoms with Gasteiger partial charge in [-0.2, -0.15) is 5.10 Å². The van der Waals surface area contributed by atoms with Gasteiger partial charge in [0.05, 0.1) is 22.4 Å². The third-order valence-electron chi connectivity index (χ3n) is 3.02. The molecule has 1 atom stereocenters. The van der Waals surface area contributed by atoms with Gasteiger partial charge in [-0.25, -0.2) is 0 Å². The van der Waals surface area contributed by atoms with E-state index in [-0.39, 0.29) is 6.04 Å². The van der Waals surface area contributed by atoms with Gasteiger partial charge in [0.25, 0.3) is 0 Å². The number of nitrogens with one attached hydrogen (secondary N) is 1. The molecule has 1 aromatic heterocycles. The van der Waals surface area contributed by atoms with Crippen molar-refractivity contribution in [1.29, 1.82) is 0 Å². The van der Waals surface area contributed by atoms with Crippen LogP contribution in [0.25, 0.3) is 0 Å². The molecule has 3 nitrogen and oxygen atoms in total. The number of benzene rings is 1. The van der Waals surface area contributed by atoms with Crippen LogP contribution in [0.4, 0.5) is 0 Å². The molecule has 1 unspecified atom stereocenters. The van der Waals surface area contributed by atoms with Crippen LogP contribution >= 0.6 is 27.5 Å². The van der Waals surface area contributed by atoms with E-state index in [0.717, 1.165) is 20.8 Å². The van der Waals surface area contributed by atoms with Crippen LogP contribution in [0.3, 0.4) is 0 Å². The first-order valence-electron chi connectivity index (χ1n) is 6.20.